The van der Waals surface area contributed by atoms with Gasteiger partial charge in [0.2, 0.25) is 0 Å². The normalized spacial score (nSPS) is 16.7. The number of non-ortho nitro benzene ring substituents is 1. The summed E-state index contributed by atoms with van der Waals surface area (Å²) in [7, 11) is 1.29. The number of ketones is 1. The number of anilines is 1. The Morgan fingerprint density at radius 3 is 2.31 bits per heavy atom. The minimum Gasteiger partial charge on any atom is -0.507 e. The summed E-state index contributed by atoms with van der Waals surface area (Å²) in [6.45, 7) is 1.87. The molecule has 1 atom stereocenters. The first-order valence-electron chi connectivity index (χ1n) is 11.0. The van der Waals surface area contributed by atoms with Crippen molar-refractivity contribution in [2.45, 2.75) is 19.4 Å². The fourth-order valence-corrected chi connectivity index (χ4v) is 4.16. The van der Waals surface area contributed by atoms with Gasteiger partial charge >= 0.3 is 5.97 Å². The van der Waals surface area contributed by atoms with Crippen LogP contribution in [-0.4, -0.2) is 34.8 Å². The number of hydrogen-bond donors (Lipinski definition) is 1. The van der Waals surface area contributed by atoms with Gasteiger partial charge in [-0.05, 0) is 42.3 Å². The second-order valence-electron chi connectivity index (χ2n) is 8.31. The van der Waals surface area contributed by atoms with Crippen molar-refractivity contribution in [3.05, 3.63) is 111 Å². The zero-order valence-electron chi connectivity index (χ0n) is 19.5. The van der Waals surface area contributed by atoms with E-state index in [0.29, 0.717) is 16.8 Å². The van der Waals surface area contributed by atoms with E-state index in [1.807, 2.05) is 19.1 Å². The number of amides is 1. The fraction of sp³-hybridized carbons (Fsp3) is 0.148. The van der Waals surface area contributed by atoms with E-state index in [1.54, 1.807) is 36.4 Å². The molecule has 0 radical (unpaired) electrons. The number of carbonyl (C=O) groups excluding carboxylic acids is 3. The molecule has 0 bridgehead atoms. The Morgan fingerprint density at radius 1 is 1.06 bits per heavy atom. The topological polar surface area (TPSA) is 127 Å². The van der Waals surface area contributed by atoms with Crippen molar-refractivity contribution >= 4 is 34.8 Å². The highest BCUT2D eigenvalue weighted by Crippen LogP contribution is 2.42. The number of aryl methyl sites for hydroxylation is 1. The van der Waals surface area contributed by atoms with Crippen LogP contribution in [-0.2, 0) is 25.5 Å². The van der Waals surface area contributed by atoms with Gasteiger partial charge in [0.05, 0.1) is 30.1 Å². The summed E-state index contributed by atoms with van der Waals surface area (Å²) < 4.78 is 4.68. The smallest absolute Gasteiger partial charge is 0.309 e. The highest BCUT2D eigenvalue weighted by molar-refractivity contribution is 6.51. The number of aliphatic hydroxyl groups excluding tert-OH is 1. The third kappa shape index (κ3) is 4.58. The first kappa shape index (κ1) is 24.3. The Hall–Kier alpha value is -4.79. The number of aliphatic hydroxyl groups is 1. The van der Waals surface area contributed by atoms with Gasteiger partial charge in [-0.25, -0.2) is 0 Å². The molecule has 1 aliphatic heterocycles. The highest BCUT2D eigenvalue weighted by atomic mass is 16.6. The SMILES string of the molecule is COC(=O)Cc1ccc(N2C(=O)C(=O)/C(=C(\O)c3ccc([N+](=O)[O-])cc3)C2c2cccc(C)c2)cc1. The van der Waals surface area contributed by atoms with E-state index < -0.39 is 34.4 Å². The van der Waals surface area contributed by atoms with Crippen LogP contribution in [0.25, 0.3) is 5.76 Å². The molecule has 0 aliphatic carbocycles. The molecule has 4 rings (SSSR count). The Bertz CT molecular complexity index is 1390. The van der Waals surface area contributed by atoms with Crippen molar-refractivity contribution in [3.63, 3.8) is 0 Å². The van der Waals surface area contributed by atoms with Gasteiger partial charge in [0.25, 0.3) is 17.4 Å². The molecule has 0 aromatic heterocycles. The Kier molecular flexibility index (Phi) is 6.64. The maximum absolute atomic E-state index is 13.2. The summed E-state index contributed by atoms with van der Waals surface area (Å²) in [6.07, 6.45) is 0.0526. The molecule has 0 spiro atoms. The third-order valence-electron chi connectivity index (χ3n) is 5.94. The van der Waals surface area contributed by atoms with E-state index in [2.05, 4.69) is 4.74 Å². The van der Waals surface area contributed by atoms with Gasteiger partial charge in [0.15, 0.2) is 0 Å². The number of nitro benzene ring substituents is 1. The molecule has 1 aliphatic rings. The maximum Gasteiger partial charge on any atom is 0.309 e. The van der Waals surface area contributed by atoms with Crippen molar-refractivity contribution < 1.29 is 29.2 Å². The van der Waals surface area contributed by atoms with Gasteiger partial charge in [-0.3, -0.25) is 29.4 Å². The third-order valence-corrected chi connectivity index (χ3v) is 5.94. The first-order valence-corrected chi connectivity index (χ1v) is 11.0. The van der Waals surface area contributed by atoms with Gasteiger partial charge in [-0.2, -0.15) is 0 Å². The van der Waals surface area contributed by atoms with Crippen molar-refractivity contribution in [3.8, 4) is 0 Å². The van der Waals surface area contributed by atoms with E-state index in [9.17, 15) is 29.6 Å². The molecule has 0 saturated carbocycles. The van der Waals surface area contributed by atoms with Crippen LogP contribution < -0.4 is 4.90 Å². The summed E-state index contributed by atoms with van der Waals surface area (Å²) in [4.78, 5) is 49.8. The number of carbonyl (C=O) groups is 3. The largest absolute Gasteiger partial charge is 0.507 e. The number of methoxy groups -OCH3 is 1. The summed E-state index contributed by atoms with van der Waals surface area (Å²) in [6, 6.07) is 17.9. The maximum atomic E-state index is 13.2. The van der Waals surface area contributed by atoms with Crippen LogP contribution >= 0.6 is 0 Å². The predicted molar refractivity (Wildman–Crippen MR) is 131 cm³/mol. The predicted octanol–water partition coefficient (Wildman–Crippen LogP) is 4.25. The second kappa shape index (κ2) is 9.83. The van der Waals surface area contributed by atoms with Crippen LogP contribution in [0.1, 0.15) is 28.3 Å². The Morgan fingerprint density at radius 2 is 1.72 bits per heavy atom. The average molecular weight is 486 g/mol. The van der Waals surface area contributed by atoms with E-state index in [1.165, 1.54) is 36.3 Å². The molecule has 1 N–H and O–H groups in total. The van der Waals surface area contributed by atoms with Crippen molar-refractivity contribution in [2.24, 2.45) is 0 Å². The zero-order chi connectivity index (χ0) is 26.0. The number of nitrogens with zero attached hydrogens (tertiary/aromatic N) is 2. The highest BCUT2D eigenvalue weighted by Gasteiger charge is 2.47. The van der Waals surface area contributed by atoms with Gasteiger partial charge in [-0.1, -0.05) is 42.0 Å². The fourth-order valence-electron chi connectivity index (χ4n) is 4.16. The molecule has 3 aromatic carbocycles. The summed E-state index contributed by atoms with van der Waals surface area (Å²) in [5.41, 5.74) is 2.44. The number of hydrogen-bond acceptors (Lipinski definition) is 7. The van der Waals surface area contributed by atoms with Gasteiger partial charge in [0, 0.05) is 23.4 Å². The number of rotatable bonds is 6. The van der Waals surface area contributed by atoms with Crippen LogP contribution in [0.15, 0.2) is 78.4 Å². The molecule has 1 unspecified atom stereocenters. The monoisotopic (exact) mass is 486 g/mol. The lowest BCUT2D eigenvalue weighted by Crippen LogP contribution is -2.29. The molecular formula is C27H22N2O7. The van der Waals surface area contributed by atoms with E-state index in [-0.39, 0.29) is 23.2 Å². The van der Waals surface area contributed by atoms with Crippen LogP contribution in [0, 0.1) is 17.0 Å². The zero-order valence-corrected chi connectivity index (χ0v) is 19.5. The molecule has 1 heterocycles. The number of esters is 1. The number of ether oxygens (including phenoxy) is 1. The molecule has 9 nitrogen and oxygen atoms in total. The van der Waals surface area contributed by atoms with Crippen LogP contribution in [0.2, 0.25) is 0 Å². The van der Waals surface area contributed by atoms with Crippen LogP contribution in [0.4, 0.5) is 11.4 Å². The van der Waals surface area contributed by atoms with Crippen molar-refractivity contribution in [1.82, 2.24) is 0 Å². The van der Waals surface area contributed by atoms with Crippen LogP contribution in [0.5, 0.6) is 0 Å². The van der Waals surface area contributed by atoms with Crippen molar-refractivity contribution in [2.75, 3.05) is 12.0 Å². The standard InChI is InChI=1S/C27H22N2O7/c1-16-4-3-5-19(14-16)24-23(25(31)18-8-12-21(13-9-18)29(34)35)26(32)27(33)28(24)20-10-6-17(7-11-20)15-22(30)36-2/h3-14,24,31H,15H2,1-2H3/b25-23-. The van der Waals surface area contributed by atoms with E-state index >= 15 is 0 Å². The molecule has 182 valence electrons. The molecule has 1 amide bonds. The van der Waals surface area contributed by atoms with Gasteiger partial charge in [0.1, 0.15) is 5.76 Å². The summed E-state index contributed by atoms with van der Waals surface area (Å²) >= 11 is 0. The lowest BCUT2D eigenvalue weighted by atomic mass is 9.94. The molecular weight excluding hydrogens is 464 g/mol. The van der Waals surface area contributed by atoms with E-state index in [4.69, 9.17) is 0 Å². The minimum atomic E-state index is -0.938. The molecule has 1 saturated heterocycles. The Balaban J connectivity index is 1.84. The van der Waals surface area contributed by atoms with Crippen molar-refractivity contribution in [1.29, 1.82) is 0 Å². The first-order chi connectivity index (χ1) is 17.2. The second-order valence-corrected chi connectivity index (χ2v) is 8.31. The lowest BCUT2D eigenvalue weighted by Gasteiger charge is -2.26. The number of Topliss-reactive ketones (excluding diaryl/α,β-unsaturated/α-hetero) is 1. The molecule has 1 fully saturated rings. The summed E-state index contributed by atoms with van der Waals surface area (Å²) in [5, 5.41) is 22.1. The lowest BCUT2D eigenvalue weighted by molar-refractivity contribution is -0.384. The Labute approximate surface area is 206 Å². The summed E-state index contributed by atoms with van der Waals surface area (Å²) in [5.74, 6) is -2.55. The van der Waals surface area contributed by atoms with Crippen LogP contribution in [0.3, 0.4) is 0 Å². The van der Waals surface area contributed by atoms with E-state index in [0.717, 1.165) is 5.56 Å². The number of benzene rings is 3. The molecule has 36 heavy (non-hydrogen) atoms. The quantitative estimate of drug-likeness (QED) is 0.138. The number of nitro groups is 1. The molecule has 9 heteroatoms. The molecule has 3 aromatic rings. The average Bonchev–Trinajstić information content (AvgIpc) is 3.14. The van der Waals surface area contributed by atoms with Gasteiger partial charge < -0.3 is 9.84 Å². The minimum absolute atomic E-state index is 0.0526. The van der Waals surface area contributed by atoms with Gasteiger partial charge in [-0.15, -0.1) is 0 Å².